The molecule has 1 aliphatic rings. The number of carbonyl (C=O) groups is 1. The van der Waals surface area contributed by atoms with Crippen molar-refractivity contribution in [3.8, 4) is 0 Å². The number of Topliss-reactive ketones (excluding diaryl/α,β-unsaturated/α-hetero) is 1. The smallest absolute Gasteiger partial charge is 0.146 e. The van der Waals surface area contributed by atoms with Gasteiger partial charge in [0.25, 0.3) is 0 Å². The van der Waals surface area contributed by atoms with Crippen molar-refractivity contribution in [1.82, 2.24) is 4.90 Å². The number of aliphatic hydroxyl groups is 1. The van der Waals surface area contributed by atoms with Gasteiger partial charge in [-0.3, -0.25) is 9.69 Å². The van der Waals surface area contributed by atoms with Crippen LogP contribution in [-0.4, -0.2) is 55.1 Å². The fourth-order valence-electron chi connectivity index (χ4n) is 2.41. The largest absolute Gasteiger partial charge is 0.396 e. The number of para-hydroxylation sites is 1. The van der Waals surface area contributed by atoms with E-state index in [4.69, 9.17) is 5.11 Å². The number of carbonyl (C=O) groups excluding carboxylic acids is 1. The van der Waals surface area contributed by atoms with E-state index in [0.717, 1.165) is 26.2 Å². The molecule has 1 aromatic rings. The summed E-state index contributed by atoms with van der Waals surface area (Å²) >= 11 is 0. The molecular formula is C15H22N2O2. The maximum atomic E-state index is 11.7. The van der Waals surface area contributed by atoms with E-state index in [0.29, 0.717) is 19.4 Å². The molecular weight excluding hydrogens is 240 g/mol. The summed E-state index contributed by atoms with van der Waals surface area (Å²) in [5.74, 6) is 0.238. The van der Waals surface area contributed by atoms with Crippen molar-refractivity contribution in [2.45, 2.75) is 12.8 Å². The summed E-state index contributed by atoms with van der Waals surface area (Å²) in [6.45, 7) is 4.43. The SMILES string of the molecule is O=C(CCCO)CN1CCN(c2ccccc2)CC1. The summed E-state index contributed by atoms with van der Waals surface area (Å²) < 4.78 is 0. The lowest BCUT2D eigenvalue weighted by atomic mass is 10.2. The van der Waals surface area contributed by atoms with Gasteiger partial charge in [0.05, 0.1) is 6.54 Å². The molecule has 2 rings (SSSR count). The van der Waals surface area contributed by atoms with Gasteiger partial charge in [0, 0.05) is 44.9 Å². The Morgan fingerprint density at radius 3 is 2.42 bits per heavy atom. The number of piperazine rings is 1. The van der Waals surface area contributed by atoms with E-state index >= 15 is 0 Å². The summed E-state index contributed by atoms with van der Waals surface area (Å²) in [6, 6.07) is 10.4. The molecule has 0 atom stereocenters. The third-order valence-corrected chi connectivity index (χ3v) is 3.51. The van der Waals surface area contributed by atoms with Gasteiger partial charge in [0.15, 0.2) is 0 Å². The van der Waals surface area contributed by atoms with Crippen molar-refractivity contribution in [2.75, 3.05) is 44.2 Å². The zero-order valence-electron chi connectivity index (χ0n) is 11.3. The number of nitrogens with zero attached hydrogens (tertiary/aromatic N) is 2. The Hall–Kier alpha value is -1.39. The van der Waals surface area contributed by atoms with E-state index in [9.17, 15) is 4.79 Å². The first kappa shape index (κ1) is 14.0. The van der Waals surface area contributed by atoms with Crippen molar-refractivity contribution in [3.05, 3.63) is 30.3 Å². The molecule has 1 N–H and O–H groups in total. The predicted octanol–water partition coefficient (Wildman–Crippen LogP) is 1.15. The van der Waals surface area contributed by atoms with Crippen LogP contribution in [0.4, 0.5) is 5.69 Å². The average molecular weight is 262 g/mol. The van der Waals surface area contributed by atoms with Gasteiger partial charge < -0.3 is 10.0 Å². The van der Waals surface area contributed by atoms with Crippen molar-refractivity contribution in [2.24, 2.45) is 0 Å². The molecule has 0 bridgehead atoms. The third-order valence-electron chi connectivity index (χ3n) is 3.51. The van der Waals surface area contributed by atoms with Crippen LogP contribution < -0.4 is 4.90 Å². The standard InChI is InChI=1S/C15H22N2O2/c18-12-4-7-15(19)13-16-8-10-17(11-9-16)14-5-2-1-3-6-14/h1-3,5-6,18H,4,7-13H2. The van der Waals surface area contributed by atoms with Gasteiger partial charge in [-0.25, -0.2) is 0 Å². The number of benzene rings is 1. The first-order chi connectivity index (χ1) is 9.29. The molecule has 4 heteroatoms. The van der Waals surface area contributed by atoms with E-state index in [1.807, 2.05) is 6.07 Å². The van der Waals surface area contributed by atoms with Gasteiger partial charge in [-0.2, -0.15) is 0 Å². The minimum Gasteiger partial charge on any atom is -0.396 e. The lowest BCUT2D eigenvalue weighted by Gasteiger charge is -2.35. The van der Waals surface area contributed by atoms with E-state index in [-0.39, 0.29) is 12.4 Å². The van der Waals surface area contributed by atoms with Crippen molar-refractivity contribution < 1.29 is 9.90 Å². The maximum absolute atomic E-state index is 11.7. The van der Waals surface area contributed by atoms with E-state index < -0.39 is 0 Å². The minimum absolute atomic E-state index is 0.105. The summed E-state index contributed by atoms with van der Waals surface area (Å²) in [6.07, 6.45) is 1.08. The lowest BCUT2D eigenvalue weighted by Crippen LogP contribution is -2.48. The number of hydrogen-bond donors (Lipinski definition) is 1. The molecule has 1 saturated heterocycles. The van der Waals surface area contributed by atoms with Gasteiger partial charge in [0.2, 0.25) is 0 Å². The Bertz CT molecular complexity index is 386. The van der Waals surface area contributed by atoms with Crippen LogP contribution in [0.15, 0.2) is 30.3 Å². The number of ketones is 1. The Kier molecular flexibility index (Phi) is 5.36. The Morgan fingerprint density at radius 2 is 1.79 bits per heavy atom. The summed E-state index contributed by atoms with van der Waals surface area (Å²) in [5.41, 5.74) is 1.26. The second-order valence-corrected chi connectivity index (χ2v) is 4.96. The highest BCUT2D eigenvalue weighted by Gasteiger charge is 2.18. The molecule has 0 aromatic heterocycles. The molecule has 1 fully saturated rings. The Labute approximate surface area is 114 Å². The minimum atomic E-state index is 0.105. The van der Waals surface area contributed by atoms with Crippen LogP contribution in [0.2, 0.25) is 0 Å². The molecule has 1 heterocycles. The topological polar surface area (TPSA) is 43.8 Å². The van der Waals surface area contributed by atoms with Gasteiger partial charge >= 0.3 is 0 Å². The molecule has 0 saturated carbocycles. The van der Waals surface area contributed by atoms with Crippen LogP contribution in [-0.2, 0) is 4.79 Å². The lowest BCUT2D eigenvalue weighted by molar-refractivity contribution is -0.120. The van der Waals surface area contributed by atoms with Crippen molar-refractivity contribution in [1.29, 1.82) is 0 Å². The van der Waals surface area contributed by atoms with Gasteiger partial charge in [-0.05, 0) is 18.6 Å². The highest BCUT2D eigenvalue weighted by molar-refractivity contribution is 5.80. The molecule has 4 nitrogen and oxygen atoms in total. The molecule has 0 aliphatic carbocycles. The van der Waals surface area contributed by atoms with Crippen LogP contribution in [0.5, 0.6) is 0 Å². The first-order valence-electron chi connectivity index (χ1n) is 6.94. The van der Waals surface area contributed by atoms with Crippen molar-refractivity contribution in [3.63, 3.8) is 0 Å². The van der Waals surface area contributed by atoms with Crippen molar-refractivity contribution >= 4 is 11.5 Å². The molecule has 0 spiro atoms. The second kappa shape index (κ2) is 7.26. The molecule has 0 unspecified atom stereocenters. The Morgan fingerprint density at radius 1 is 1.11 bits per heavy atom. The monoisotopic (exact) mass is 262 g/mol. The highest BCUT2D eigenvalue weighted by atomic mass is 16.3. The van der Waals surface area contributed by atoms with Crippen LogP contribution in [0.25, 0.3) is 0 Å². The van der Waals surface area contributed by atoms with Gasteiger partial charge in [-0.1, -0.05) is 18.2 Å². The van der Waals surface area contributed by atoms with Crippen LogP contribution in [0, 0.1) is 0 Å². The van der Waals surface area contributed by atoms with E-state index in [1.165, 1.54) is 5.69 Å². The number of rotatable bonds is 6. The predicted molar refractivity (Wildman–Crippen MR) is 76.4 cm³/mol. The molecule has 1 aliphatic heterocycles. The highest BCUT2D eigenvalue weighted by Crippen LogP contribution is 2.15. The summed E-state index contributed by atoms with van der Waals surface area (Å²) in [5, 5.41) is 8.71. The average Bonchev–Trinajstić information content (AvgIpc) is 2.47. The zero-order chi connectivity index (χ0) is 13.5. The summed E-state index contributed by atoms with van der Waals surface area (Å²) in [7, 11) is 0. The fourth-order valence-corrected chi connectivity index (χ4v) is 2.41. The molecule has 104 valence electrons. The van der Waals surface area contributed by atoms with Crippen LogP contribution in [0.3, 0.4) is 0 Å². The van der Waals surface area contributed by atoms with E-state index in [2.05, 4.69) is 34.1 Å². The van der Waals surface area contributed by atoms with E-state index in [1.54, 1.807) is 0 Å². The quantitative estimate of drug-likeness (QED) is 0.835. The number of aliphatic hydroxyl groups excluding tert-OH is 1. The first-order valence-corrected chi connectivity index (χ1v) is 6.94. The fraction of sp³-hybridized carbons (Fsp3) is 0.533. The normalized spacial score (nSPS) is 16.6. The number of anilines is 1. The van der Waals surface area contributed by atoms with Gasteiger partial charge in [0.1, 0.15) is 5.78 Å². The summed E-state index contributed by atoms with van der Waals surface area (Å²) in [4.78, 5) is 16.2. The van der Waals surface area contributed by atoms with Crippen LogP contribution in [0.1, 0.15) is 12.8 Å². The van der Waals surface area contributed by atoms with Crippen LogP contribution >= 0.6 is 0 Å². The number of hydrogen-bond acceptors (Lipinski definition) is 4. The molecule has 0 amide bonds. The van der Waals surface area contributed by atoms with Gasteiger partial charge in [-0.15, -0.1) is 0 Å². The second-order valence-electron chi connectivity index (χ2n) is 4.96. The Balaban J connectivity index is 1.75. The maximum Gasteiger partial charge on any atom is 0.146 e. The zero-order valence-corrected chi connectivity index (χ0v) is 11.3. The molecule has 19 heavy (non-hydrogen) atoms. The molecule has 1 aromatic carbocycles. The third kappa shape index (κ3) is 4.33. The molecule has 0 radical (unpaired) electrons.